The molecule has 0 bridgehead atoms. The predicted molar refractivity (Wildman–Crippen MR) is 123 cm³/mol. The summed E-state index contributed by atoms with van der Waals surface area (Å²) in [5.41, 5.74) is 2.39. The number of rotatable bonds is 10. The highest BCUT2D eigenvalue weighted by Gasteiger charge is 2.21. The maximum atomic E-state index is 12.8. The van der Waals surface area contributed by atoms with E-state index in [2.05, 4.69) is 22.3 Å². The van der Waals surface area contributed by atoms with E-state index in [4.69, 9.17) is 4.74 Å². The molecule has 0 saturated carbocycles. The first-order valence-electron chi connectivity index (χ1n) is 11.2. The number of hydrogen-bond donors (Lipinski definition) is 1. The summed E-state index contributed by atoms with van der Waals surface area (Å²) in [7, 11) is 0. The zero-order valence-corrected chi connectivity index (χ0v) is 18.5. The van der Waals surface area contributed by atoms with Crippen molar-refractivity contribution in [2.24, 2.45) is 0 Å². The predicted octanol–water partition coefficient (Wildman–Crippen LogP) is 3.79. The van der Waals surface area contributed by atoms with Crippen LogP contribution < -0.4 is 5.32 Å². The fourth-order valence-corrected chi connectivity index (χ4v) is 3.93. The fourth-order valence-electron chi connectivity index (χ4n) is 3.93. The fraction of sp³-hybridized carbons (Fsp3) is 0.440. The Morgan fingerprint density at radius 3 is 2.52 bits per heavy atom. The van der Waals surface area contributed by atoms with Gasteiger partial charge in [-0.2, -0.15) is 0 Å². The molecule has 2 aromatic rings. The van der Waals surface area contributed by atoms with Crippen molar-refractivity contribution in [1.82, 2.24) is 9.80 Å². The van der Waals surface area contributed by atoms with Gasteiger partial charge in [-0.1, -0.05) is 36.4 Å². The van der Waals surface area contributed by atoms with Crippen LogP contribution in [0.5, 0.6) is 0 Å². The summed E-state index contributed by atoms with van der Waals surface area (Å²) < 4.78 is 5.79. The zero-order valence-electron chi connectivity index (χ0n) is 18.5. The van der Waals surface area contributed by atoms with Crippen molar-refractivity contribution in [3.05, 3.63) is 65.7 Å². The molecule has 166 valence electrons. The largest absolute Gasteiger partial charge is 0.377 e. The minimum Gasteiger partial charge on any atom is -0.377 e. The molecular formula is C25H33N3O3. The average molecular weight is 424 g/mol. The van der Waals surface area contributed by atoms with E-state index < -0.39 is 0 Å². The summed E-state index contributed by atoms with van der Waals surface area (Å²) in [6.07, 6.45) is 2.28. The summed E-state index contributed by atoms with van der Waals surface area (Å²) >= 11 is 0. The molecule has 1 saturated heterocycles. The van der Waals surface area contributed by atoms with Crippen molar-refractivity contribution >= 4 is 17.5 Å². The van der Waals surface area contributed by atoms with Gasteiger partial charge in [-0.3, -0.25) is 14.5 Å². The maximum absolute atomic E-state index is 12.8. The van der Waals surface area contributed by atoms with Crippen molar-refractivity contribution in [3.8, 4) is 0 Å². The van der Waals surface area contributed by atoms with E-state index in [9.17, 15) is 9.59 Å². The molecule has 6 nitrogen and oxygen atoms in total. The third kappa shape index (κ3) is 6.91. The Bertz CT molecular complexity index is 846. The summed E-state index contributed by atoms with van der Waals surface area (Å²) in [5, 5.41) is 2.96. The molecule has 6 heteroatoms. The Kier molecular flexibility index (Phi) is 8.62. The van der Waals surface area contributed by atoms with Crippen molar-refractivity contribution in [1.29, 1.82) is 0 Å². The minimum absolute atomic E-state index is 0.0230. The van der Waals surface area contributed by atoms with Crippen LogP contribution in [0.2, 0.25) is 0 Å². The second kappa shape index (κ2) is 11.6. The summed E-state index contributed by atoms with van der Waals surface area (Å²) in [6.45, 7) is 7.71. The van der Waals surface area contributed by atoms with E-state index in [1.807, 2.05) is 38.1 Å². The molecule has 2 amide bonds. The first-order valence-corrected chi connectivity index (χ1v) is 11.2. The highest BCUT2D eigenvalue weighted by Crippen LogP contribution is 2.16. The molecule has 1 aliphatic heterocycles. The van der Waals surface area contributed by atoms with E-state index in [1.165, 1.54) is 5.56 Å². The normalized spacial score (nSPS) is 15.8. The number of nitrogens with one attached hydrogen (secondary N) is 1. The highest BCUT2D eigenvalue weighted by molar-refractivity contribution is 5.97. The summed E-state index contributed by atoms with van der Waals surface area (Å²) in [6, 6.07) is 17.3. The van der Waals surface area contributed by atoms with Crippen LogP contribution in [0.3, 0.4) is 0 Å². The molecule has 0 aromatic heterocycles. The number of amides is 2. The van der Waals surface area contributed by atoms with E-state index >= 15 is 0 Å². The van der Waals surface area contributed by atoms with Gasteiger partial charge in [0, 0.05) is 44.0 Å². The molecule has 3 rings (SSSR count). The molecule has 1 unspecified atom stereocenters. The monoisotopic (exact) mass is 423 g/mol. The van der Waals surface area contributed by atoms with Crippen molar-refractivity contribution in [3.63, 3.8) is 0 Å². The van der Waals surface area contributed by atoms with Crippen LogP contribution in [0.4, 0.5) is 5.69 Å². The number of benzene rings is 2. The van der Waals surface area contributed by atoms with Gasteiger partial charge in [0.1, 0.15) is 0 Å². The average Bonchev–Trinajstić information content (AvgIpc) is 3.28. The molecular weight excluding hydrogens is 390 g/mol. The van der Waals surface area contributed by atoms with E-state index in [1.54, 1.807) is 23.1 Å². The molecule has 2 aromatic carbocycles. The Labute approximate surface area is 185 Å². The molecule has 1 fully saturated rings. The first-order chi connectivity index (χ1) is 15.1. The van der Waals surface area contributed by atoms with Gasteiger partial charge in [-0.05, 0) is 50.5 Å². The van der Waals surface area contributed by atoms with Crippen LogP contribution in [0.25, 0.3) is 0 Å². The van der Waals surface area contributed by atoms with Gasteiger partial charge >= 0.3 is 0 Å². The quantitative estimate of drug-likeness (QED) is 0.632. The summed E-state index contributed by atoms with van der Waals surface area (Å²) in [5.74, 6) is -0.119. The lowest BCUT2D eigenvalue weighted by molar-refractivity contribution is -0.117. The minimum atomic E-state index is -0.0960. The van der Waals surface area contributed by atoms with Crippen LogP contribution in [0, 0.1) is 0 Å². The SMILES string of the molecule is CCN(CC)C(=O)c1cccc(NC(=O)CN(Cc2ccccc2)CC2CCCO2)c1. The Morgan fingerprint density at radius 2 is 1.84 bits per heavy atom. The van der Waals surface area contributed by atoms with Crippen LogP contribution in [0.15, 0.2) is 54.6 Å². The van der Waals surface area contributed by atoms with Crippen LogP contribution in [-0.4, -0.2) is 60.5 Å². The molecule has 1 heterocycles. The van der Waals surface area contributed by atoms with E-state index in [0.29, 0.717) is 30.9 Å². The maximum Gasteiger partial charge on any atom is 0.253 e. The lowest BCUT2D eigenvalue weighted by Gasteiger charge is -2.25. The number of nitrogens with zero attached hydrogens (tertiary/aromatic N) is 2. The van der Waals surface area contributed by atoms with Gasteiger partial charge in [0.25, 0.3) is 5.91 Å². The first kappa shape index (κ1) is 23.0. The van der Waals surface area contributed by atoms with E-state index in [-0.39, 0.29) is 24.5 Å². The van der Waals surface area contributed by atoms with Gasteiger partial charge < -0.3 is 15.0 Å². The van der Waals surface area contributed by atoms with Gasteiger partial charge in [-0.15, -0.1) is 0 Å². The van der Waals surface area contributed by atoms with Gasteiger partial charge in [0.05, 0.1) is 12.6 Å². The molecule has 1 atom stereocenters. The molecule has 0 radical (unpaired) electrons. The second-order valence-electron chi connectivity index (χ2n) is 7.90. The highest BCUT2D eigenvalue weighted by atomic mass is 16.5. The van der Waals surface area contributed by atoms with Crippen LogP contribution in [0.1, 0.15) is 42.6 Å². The lowest BCUT2D eigenvalue weighted by atomic mass is 10.1. The third-order valence-corrected chi connectivity index (χ3v) is 5.55. The van der Waals surface area contributed by atoms with Crippen molar-refractivity contribution < 1.29 is 14.3 Å². The Hall–Kier alpha value is -2.70. The number of carbonyl (C=O) groups is 2. The lowest BCUT2D eigenvalue weighted by Crippen LogP contribution is -2.38. The molecule has 31 heavy (non-hydrogen) atoms. The van der Waals surface area contributed by atoms with Crippen LogP contribution in [-0.2, 0) is 16.1 Å². The third-order valence-electron chi connectivity index (χ3n) is 5.55. The topological polar surface area (TPSA) is 61.9 Å². The zero-order chi connectivity index (χ0) is 22.1. The van der Waals surface area contributed by atoms with Gasteiger partial charge in [0.15, 0.2) is 0 Å². The standard InChI is InChI=1S/C25H33N3O3/c1-3-28(4-2)25(30)21-12-8-13-22(16-21)26-24(29)19-27(18-23-14-9-15-31-23)17-20-10-6-5-7-11-20/h5-8,10-13,16,23H,3-4,9,14-15,17-19H2,1-2H3,(H,26,29). The van der Waals surface area contributed by atoms with Crippen LogP contribution >= 0.6 is 0 Å². The van der Waals surface area contributed by atoms with Gasteiger partial charge in [0.2, 0.25) is 5.91 Å². The molecule has 0 aliphatic carbocycles. The second-order valence-corrected chi connectivity index (χ2v) is 7.90. The molecule has 0 spiro atoms. The Morgan fingerprint density at radius 1 is 1.06 bits per heavy atom. The molecule has 1 N–H and O–H groups in total. The van der Waals surface area contributed by atoms with Crippen molar-refractivity contribution in [2.45, 2.75) is 39.3 Å². The number of carbonyl (C=O) groups excluding carboxylic acids is 2. The Balaban J connectivity index is 1.64. The van der Waals surface area contributed by atoms with Crippen molar-refractivity contribution in [2.75, 3.05) is 38.1 Å². The number of hydrogen-bond acceptors (Lipinski definition) is 4. The van der Waals surface area contributed by atoms with Gasteiger partial charge in [-0.25, -0.2) is 0 Å². The smallest absolute Gasteiger partial charge is 0.253 e. The molecule has 1 aliphatic rings. The number of anilines is 1. The number of ether oxygens (including phenoxy) is 1. The summed E-state index contributed by atoms with van der Waals surface area (Å²) in [4.78, 5) is 29.3. The van der Waals surface area contributed by atoms with E-state index in [0.717, 1.165) is 26.0 Å².